The van der Waals surface area contributed by atoms with Gasteiger partial charge < -0.3 is 14.4 Å². The van der Waals surface area contributed by atoms with E-state index in [1.807, 2.05) is 6.92 Å². The van der Waals surface area contributed by atoms with Gasteiger partial charge in [0.1, 0.15) is 23.4 Å². The number of nitrogens with one attached hydrogen (secondary N) is 1. The predicted octanol–water partition coefficient (Wildman–Crippen LogP) is 3.51. The van der Waals surface area contributed by atoms with Crippen LogP contribution in [-0.4, -0.2) is 65.6 Å². The Morgan fingerprint density at radius 1 is 1.39 bits per heavy atom. The number of pyridine rings is 1. The second-order valence-electron chi connectivity index (χ2n) is 7.78. The monoisotopic (exact) mass is 449 g/mol. The summed E-state index contributed by atoms with van der Waals surface area (Å²) < 4.78 is 25.0. The summed E-state index contributed by atoms with van der Waals surface area (Å²) in [6, 6.07) is 7.73. The van der Waals surface area contributed by atoms with E-state index in [0.717, 1.165) is 16.8 Å². The molecule has 2 aromatic heterocycles. The van der Waals surface area contributed by atoms with Crippen LogP contribution in [0.15, 0.2) is 53.9 Å². The van der Waals surface area contributed by atoms with Gasteiger partial charge in [-0.25, -0.2) is 4.39 Å². The van der Waals surface area contributed by atoms with E-state index in [2.05, 4.69) is 26.9 Å². The number of aromatic nitrogens is 3. The van der Waals surface area contributed by atoms with Crippen molar-refractivity contribution in [3.63, 3.8) is 0 Å². The van der Waals surface area contributed by atoms with Crippen molar-refractivity contribution >= 4 is 18.2 Å². The van der Waals surface area contributed by atoms with Gasteiger partial charge in [0.25, 0.3) is 5.91 Å². The molecule has 4 rings (SSSR count). The molecule has 1 fully saturated rings. The minimum absolute atomic E-state index is 0.140. The summed E-state index contributed by atoms with van der Waals surface area (Å²) in [6.45, 7) is 6.62. The summed E-state index contributed by atoms with van der Waals surface area (Å²) in [4.78, 5) is 23.1. The maximum absolute atomic E-state index is 13.8. The molecule has 1 amide bonds. The molecule has 1 N–H and O–H groups in total. The highest BCUT2D eigenvalue weighted by Gasteiger charge is 2.24. The Balaban J connectivity index is 1.61. The lowest BCUT2D eigenvalue weighted by Gasteiger charge is -2.28. The summed E-state index contributed by atoms with van der Waals surface area (Å²) in [5.74, 6) is -0.229. The molecule has 3 aromatic rings. The number of nitrogens with zero attached hydrogens (tertiary/aromatic N) is 4. The van der Waals surface area contributed by atoms with E-state index >= 15 is 0 Å². The highest BCUT2D eigenvalue weighted by molar-refractivity contribution is 5.95. The molecule has 1 aromatic carbocycles. The molecule has 1 aliphatic rings. The molecule has 0 unspecified atom stereocenters. The zero-order chi connectivity index (χ0) is 23.4. The molecule has 0 radical (unpaired) electrons. The smallest absolute Gasteiger partial charge is 0.255 e. The van der Waals surface area contributed by atoms with E-state index in [4.69, 9.17) is 9.47 Å². The van der Waals surface area contributed by atoms with E-state index in [0.29, 0.717) is 35.8 Å². The fraction of sp³-hybridized carbons (Fsp3) is 0.250. The second kappa shape index (κ2) is 9.74. The molecule has 8 nitrogen and oxygen atoms in total. The Morgan fingerprint density at radius 3 is 2.85 bits per heavy atom. The maximum atomic E-state index is 13.8. The fourth-order valence-corrected chi connectivity index (χ4v) is 3.48. The van der Waals surface area contributed by atoms with Crippen molar-refractivity contribution in [1.29, 1.82) is 0 Å². The zero-order valence-corrected chi connectivity index (χ0v) is 18.4. The van der Waals surface area contributed by atoms with Crippen molar-refractivity contribution < 1.29 is 18.7 Å². The van der Waals surface area contributed by atoms with Crippen LogP contribution in [-0.2, 0) is 4.74 Å². The summed E-state index contributed by atoms with van der Waals surface area (Å²) in [7, 11) is 1.69. The van der Waals surface area contributed by atoms with Crippen LogP contribution >= 0.6 is 0 Å². The van der Waals surface area contributed by atoms with Crippen molar-refractivity contribution in [2.24, 2.45) is 4.99 Å². The van der Waals surface area contributed by atoms with Crippen molar-refractivity contribution in [1.82, 2.24) is 20.1 Å². The van der Waals surface area contributed by atoms with Crippen molar-refractivity contribution in [3.8, 4) is 17.0 Å². The van der Waals surface area contributed by atoms with Crippen LogP contribution in [0.4, 0.5) is 4.39 Å². The summed E-state index contributed by atoms with van der Waals surface area (Å²) in [6.07, 6.45) is 4.64. The second-order valence-corrected chi connectivity index (χ2v) is 7.78. The SMILES string of the molecule is C=N/C=C(/CN(C)C(=O)c1cnc(-c2cccc(F)c2)c(OC2COC2)c1)c1[nH]ncc1C. The van der Waals surface area contributed by atoms with E-state index in [9.17, 15) is 9.18 Å². The highest BCUT2D eigenvalue weighted by Crippen LogP contribution is 2.31. The van der Waals surface area contributed by atoms with Gasteiger partial charge in [-0.3, -0.25) is 19.9 Å². The third kappa shape index (κ3) is 4.98. The van der Waals surface area contributed by atoms with Crippen LogP contribution in [0.3, 0.4) is 0 Å². The average Bonchev–Trinajstić information content (AvgIpc) is 3.21. The Morgan fingerprint density at radius 2 is 2.21 bits per heavy atom. The van der Waals surface area contributed by atoms with Crippen LogP contribution in [0.1, 0.15) is 21.6 Å². The lowest BCUT2D eigenvalue weighted by Crippen LogP contribution is -2.38. The van der Waals surface area contributed by atoms with Gasteiger partial charge >= 0.3 is 0 Å². The molecule has 9 heteroatoms. The first-order valence-electron chi connectivity index (χ1n) is 10.4. The molecule has 3 heterocycles. The van der Waals surface area contributed by atoms with Crippen LogP contribution < -0.4 is 4.74 Å². The van der Waals surface area contributed by atoms with Crippen LogP contribution in [0.25, 0.3) is 16.8 Å². The number of H-pyrrole nitrogens is 1. The third-order valence-corrected chi connectivity index (χ3v) is 5.25. The molecule has 0 saturated carbocycles. The number of amides is 1. The molecule has 0 spiro atoms. The third-order valence-electron chi connectivity index (χ3n) is 5.25. The number of halogens is 1. The lowest BCUT2D eigenvalue weighted by atomic mass is 10.1. The van der Waals surface area contributed by atoms with E-state index < -0.39 is 0 Å². The number of aromatic amines is 1. The van der Waals surface area contributed by atoms with E-state index in [1.165, 1.54) is 18.3 Å². The first-order chi connectivity index (χ1) is 16.0. The number of carbonyl (C=O) groups excluding carboxylic acids is 1. The van der Waals surface area contributed by atoms with Crippen LogP contribution in [0, 0.1) is 12.7 Å². The molecular weight excluding hydrogens is 425 g/mol. The van der Waals surface area contributed by atoms with Gasteiger partial charge in [0.05, 0.1) is 30.7 Å². The predicted molar refractivity (Wildman–Crippen MR) is 123 cm³/mol. The minimum atomic E-state index is -0.378. The van der Waals surface area contributed by atoms with Gasteiger partial charge in [-0.2, -0.15) is 5.10 Å². The largest absolute Gasteiger partial charge is 0.483 e. The summed E-state index contributed by atoms with van der Waals surface area (Å²) >= 11 is 0. The van der Waals surface area contributed by atoms with Gasteiger partial charge in [-0.15, -0.1) is 0 Å². The van der Waals surface area contributed by atoms with Crippen LogP contribution in [0.5, 0.6) is 5.75 Å². The molecular formula is C24H24FN5O3. The zero-order valence-electron chi connectivity index (χ0n) is 18.4. The average molecular weight is 449 g/mol. The summed E-state index contributed by atoms with van der Waals surface area (Å²) in [5.41, 5.74) is 3.86. The van der Waals surface area contributed by atoms with Crippen molar-refractivity contribution in [3.05, 3.63) is 71.6 Å². The number of hydrogen-bond acceptors (Lipinski definition) is 6. The highest BCUT2D eigenvalue weighted by atomic mass is 19.1. The fourth-order valence-electron chi connectivity index (χ4n) is 3.48. The number of benzene rings is 1. The molecule has 170 valence electrons. The Kier molecular flexibility index (Phi) is 6.60. The Labute approximate surface area is 190 Å². The minimum Gasteiger partial charge on any atom is -0.483 e. The first kappa shape index (κ1) is 22.3. The molecule has 1 aliphatic heterocycles. The van der Waals surface area contributed by atoms with Gasteiger partial charge in [-0.1, -0.05) is 12.1 Å². The number of hydrogen-bond donors (Lipinski definition) is 1. The number of rotatable bonds is 8. The van der Waals surface area contributed by atoms with E-state index in [1.54, 1.807) is 42.5 Å². The van der Waals surface area contributed by atoms with Crippen molar-refractivity contribution in [2.75, 3.05) is 26.8 Å². The molecule has 0 bridgehead atoms. The molecule has 0 aliphatic carbocycles. The molecule has 1 saturated heterocycles. The first-order valence-corrected chi connectivity index (χ1v) is 10.4. The normalized spacial score (nSPS) is 14.0. The quantitative estimate of drug-likeness (QED) is 0.532. The van der Waals surface area contributed by atoms with Gasteiger partial charge in [-0.05, 0) is 37.4 Å². The molecule has 33 heavy (non-hydrogen) atoms. The van der Waals surface area contributed by atoms with Gasteiger partial charge in [0.2, 0.25) is 0 Å². The van der Waals surface area contributed by atoms with Gasteiger partial charge in [0.15, 0.2) is 0 Å². The lowest BCUT2D eigenvalue weighted by molar-refractivity contribution is -0.0795. The number of aryl methyl sites for hydroxylation is 1. The van der Waals surface area contributed by atoms with Crippen LogP contribution in [0.2, 0.25) is 0 Å². The van der Waals surface area contributed by atoms with Crippen molar-refractivity contribution in [2.45, 2.75) is 13.0 Å². The maximum Gasteiger partial charge on any atom is 0.255 e. The number of carbonyl (C=O) groups is 1. The summed E-state index contributed by atoms with van der Waals surface area (Å²) in [5, 5.41) is 6.97. The Bertz CT molecular complexity index is 1200. The number of likely N-dealkylation sites (N-methyl/N-ethyl adjacent to an activating group) is 1. The molecule has 0 atom stereocenters. The topological polar surface area (TPSA) is 92.7 Å². The standard InChI is InChI=1S/C24H24FN5O3/c1-15-9-28-29-22(15)18(10-26-2)12-30(3)24(31)17-8-21(33-20-13-32-14-20)23(27-11-17)16-5-4-6-19(25)7-16/h4-11,20H,2,12-14H2,1,3H3,(H,28,29)/b18-10-. The number of aliphatic imine (C=N–C) groups is 1. The number of ether oxygens (including phenoxy) is 2. The Hall–Kier alpha value is -3.85. The van der Waals surface area contributed by atoms with E-state index in [-0.39, 0.29) is 24.4 Å². The van der Waals surface area contributed by atoms with Gasteiger partial charge in [0, 0.05) is 37.1 Å².